The van der Waals surface area contributed by atoms with Crippen molar-refractivity contribution in [2.75, 3.05) is 6.61 Å². The standard InChI is InChI=1S/C15H16BrN3O4/c1-2-10(8-20)17-15(23)14-12(21)7-13(22)19(18-14)11-5-3-9(16)4-6-11/h3-7,10,20-21H,2,8H2,1H3,(H,17,23). The van der Waals surface area contributed by atoms with E-state index in [-0.39, 0.29) is 12.3 Å². The number of aliphatic hydroxyl groups excluding tert-OH is 1. The van der Waals surface area contributed by atoms with E-state index < -0.39 is 23.3 Å². The third-order valence-corrected chi connectivity index (χ3v) is 3.77. The number of nitrogens with zero attached hydrogens (tertiary/aromatic N) is 2. The molecule has 1 unspecified atom stereocenters. The first-order valence-corrected chi connectivity index (χ1v) is 7.76. The largest absolute Gasteiger partial charge is 0.505 e. The molecule has 0 aliphatic heterocycles. The van der Waals surface area contributed by atoms with Crippen LogP contribution in [0.25, 0.3) is 5.69 Å². The van der Waals surface area contributed by atoms with Gasteiger partial charge in [0.05, 0.1) is 18.3 Å². The molecule has 0 radical (unpaired) electrons. The maximum atomic E-state index is 12.2. The van der Waals surface area contributed by atoms with Gasteiger partial charge in [-0.3, -0.25) is 9.59 Å². The average molecular weight is 382 g/mol. The molecule has 0 aliphatic rings. The Morgan fingerprint density at radius 1 is 1.39 bits per heavy atom. The van der Waals surface area contributed by atoms with Crippen LogP contribution >= 0.6 is 15.9 Å². The van der Waals surface area contributed by atoms with Gasteiger partial charge in [-0.15, -0.1) is 0 Å². The van der Waals surface area contributed by atoms with Crippen molar-refractivity contribution in [2.45, 2.75) is 19.4 Å². The highest BCUT2D eigenvalue weighted by atomic mass is 79.9. The van der Waals surface area contributed by atoms with E-state index in [1.807, 2.05) is 0 Å². The zero-order valence-electron chi connectivity index (χ0n) is 12.4. The second-order valence-electron chi connectivity index (χ2n) is 4.87. The van der Waals surface area contributed by atoms with E-state index in [4.69, 9.17) is 5.11 Å². The lowest BCUT2D eigenvalue weighted by Gasteiger charge is -2.14. The number of carbonyl (C=O) groups is 1. The van der Waals surface area contributed by atoms with Crippen LogP contribution in [0.2, 0.25) is 0 Å². The van der Waals surface area contributed by atoms with Crippen molar-refractivity contribution < 1.29 is 15.0 Å². The molecule has 1 heterocycles. The molecule has 0 saturated carbocycles. The molecule has 122 valence electrons. The van der Waals surface area contributed by atoms with Crippen LogP contribution in [-0.4, -0.2) is 38.5 Å². The van der Waals surface area contributed by atoms with Crippen molar-refractivity contribution in [1.29, 1.82) is 0 Å². The Morgan fingerprint density at radius 3 is 2.61 bits per heavy atom. The van der Waals surface area contributed by atoms with Crippen LogP contribution in [0.5, 0.6) is 5.75 Å². The summed E-state index contributed by atoms with van der Waals surface area (Å²) in [5.41, 5.74) is -0.378. The number of carbonyl (C=O) groups excluding carboxylic acids is 1. The second-order valence-corrected chi connectivity index (χ2v) is 5.78. The molecule has 8 heteroatoms. The van der Waals surface area contributed by atoms with E-state index in [2.05, 4.69) is 26.3 Å². The average Bonchev–Trinajstić information content (AvgIpc) is 2.53. The van der Waals surface area contributed by atoms with Gasteiger partial charge in [-0.1, -0.05) is 22.9 Å². The fourth-order valence-electron chi connectivity index (χ4n) is 1.91. The summed E-state index contributed by atoms with van der Waals surface area (Å²) in [5, 5.41) is 25.5. The summed E-state index contributed by atoms with van der Waals surface area (Å²) in [7, 11) is 0. The van der Waals surface area contributed by atoms with Crippen LogP contribution in [0.1, 0.15) is 23.8 Å². The summed E-state index contributed by atoms with van der Waals surface area (Å²) in [6, 6.07) is 7.25. The number of amides is 1. The molecule has 0 aliphatic carbocycles. The van der Waals surface area contributed by atoms with Crippen LogP contribution in [0.15, 0.2) is 39.6 Å². The van der Waals surface area contributed by atoms with Crippen LogP contribution in [-0.2, 0) is 0 Å². The summed E-state index contributed by atoms with van der Waals surface area (Å²) < 4.78 is 1.86. The number of halogens is 1. The predicted molar refractivity (Wildman–Crippen MR) is 87.8 cm³/mol. The van der Waals surface area contributed by atoms with Crippen molar-refractivity contribution >= 4 is 21.8 Å². The summed E-state index contributed by atoms with van der Waals surface area (Å²) in [4.78, 5) is 24.2. The molecule has 3 N–H and O–H groups in total. The predicted octanol–water partition coefficient (Wildman–Crippen LogP) is 1.20. The van der Waals surface area contributed by atoms with Gasteiger partial charge in [0.25, 0.3) is 11.5 Å². The molecule has 0 bridgehead atoms. The van der Waals surface area contributed by atoms with Crippen molar-refractivity contribution in [3.63, 3.8) is 0 Å². The minimum absolute atomic E-state index is 0.227. The molecule has 0 fully saturated rings. The van der Waals surface area contributed by atoms with Gasteiger partial charge < -0.3 is 15.5 Å². The molecule has 2 aromatic rings. The number of aromatic hydroxyl groups is 1. The van der Waals surface area contributed by atoms with E-state index in [9.17, 15) is 14.7 Å². The highest BCUT2D eigenvalue weighted by molar-refractivity contribution is 9.10. The number of rotatable bonds is 5. The third kappa shape index (κ3) is 3.96. The van der Waals surface area contributed by atoms with Crippen molar-refractivity contribution in [3.05, 3.63) is 50.9 Å². The van der Waals surface area contributed by atoms with Crippen LogP contribution in [0.4, 0.5) is 0 Å². The smallest absolute Gasteiger partial charge is 0.275 e. The van der Waals surface area contributed by atoms with Crippen LogP contribution < -0.4 is 10.9 Å². The van der Waals surface area contributed by atoms with Gasteiger partial charge in [0.1, 0.15) is 0 Å². The minimum Gasteiger partial charge on any atom is -0.505 e. The topological polar surface area (TPSA) is 104 Å². The lowest BCUT2D eigenvalue weighted by atomic mass is 10.2. The van der Waals surface area contributed by atoms with Crippen LogP contribution in [0, 0.1) is 0 Å². The number of hydrogen-bond donors (Lipinski definition) is 3. The number of aliphatic hydroxyl groups is 1. The zero-order valence-corrected chi connectivity index (χ0v) is 13.9. The highest BCUT2D eigenvalue weighted by Gasteiger charge is 2.19. The Morgan fingerprint density at radius 2 is 2.04 bits per heavy atom. The molecule has 2 rings (SSSR count). The Balaban J connectivity index is 2.42. The van der Waals surface area contributed by atoms with Gasteiger partial charge in [0.15, 0.2) is 11.4 Å². The monoisotopic (exact) mass is 381 g/mol. The first-order valence-electron chi connectivity index (χ1n) is 6.97. The van der Waals surface area contributed by atoms with Gasteiger partial charge in [-0.25, -0.2) is 0 Å². The number of hydrogen-bond acceptors (Lipinski definition) is 5. The molecule has 1 aromatic carbocycles. The Labute approximate surface area is 140 Å². The lowest BCUT2D eigenvalue weighted by Crippen LogP contribution is -2.38. The molecule has 1 atom stereocenters. The fraction of sp³-hybridized carbons (Fsp3) is 0.267. The summed E-state index contributed by atoms with van der Waals surface area (Å²) in [6.45, 7) is 1.58. The van der Waals surface area contributed by atoms with E-state index >= 15 is 0 Å². The maximum absolute atomic E-state index is 12.2. The third-order valence-electron chi connectivity index (χ3n) is 3.25. The van der Waals surface area contributed by atoms with Crippen molar-refractivity contribution in [3.8, 4) is 11.4 Å². The molecule has 1 aromatic heterocycles. The van der Waals surface area contributed by atoms with Crippen molar-refractivity contribution in [2.24, 2.45) is 0 Å². The first kappa shape index (κ1) is 17.2. The van der Waals surface area contributed by atoms with Gasteiger partial charge >= 0.3 is 0 Å². The molecule has 1 amide bonds. The summed E-state index contributed by atoms with van der Waals surface area (Å²) in [6.07, 6.45) is 0.523. The van der Waals surface area contributed by atoms with E-state index in [1.165, 1.54) is 0 Å². The Bertz CT molecular complexity index is 754. The molecule has 0 spiro atoms. The number of nitrogens with one attached hydrogen (secondary N) is 1. The first-order chi connectivity index (χ1) is 11.0. The molecular weight excluding hydrogens is 366 g/mol. The maximum Gasteiger partial charge on any atom is 0.275 e. The van der Waals surface area contributed by atoms with E-state index in [1.54, 1.807) is 31.2 Å². The molecule has 0 saturated heterocycles. The summed E-state index contributed by atoms with van der Waals surface area (Å²) in [5.74, 6) is -1.16. The quantitative estimate of drug-likeness (QED) is 0.721. The van der Waals surface area contributed by atoms with E-state index in [0.29, 0.717) is 12.1 Å². The van der Waals surface area contributed by atoms with Gasteiger partial charge in [-0.05, 0) is 30.7 Å². The van der Waals surface area contributed by atoms with E-state index in [0.717, 1.165) is 15.2 Å². The van der Waals surface area contributed by atoms with Crippen molar-refractivity contribution in [1.82, 2.24) is 15.1 Å². The lowest BCUT2D eigenvalue weighted by molar-refractivity contribution is 0.0905. The molecule has 23 heavy (non-hydrogen) atoms. The zero-order chi connectivity index (χ0) is 17.0. The SMILES string of the molecule is CCC(CO)NC(=O)c1nn(-c2ccc(Br)cc2)c(=O)cc1O. The number of benzene rings is 1. The molecular formula is C15H16BrN3O4. The van der Waals surface area contributed by atoms with Gasteiger partial charge in [0, 0.05) is 10.5 Å². The molecule has 7 nitrogen and oxygen atoms in total. The van der Waals surface area contributed by atoms with Gasteiger partial charge in [-0.2, -0.15) is 9.78 Å². The van der Waals surface area contributed by atoms with Gasteiger partial charge in [0.2, 0.25) is 0 Å². The normalized spacial score (nSPS) is 12.0. The second kappa shape index (κ2) is 7.38. The minimum atomic E-state index is -0.658. The van der Waals surface area contributed by atoms with Crippen LogP contribution in [0.3, 0.4) is 0 Å². The summed E-state index contributed by atoms with van der Waals surface area (Å²) >= 11 is 3.29. The number of aromatic nitrogens is 2. The Kier molecular flexibility index (Phi) is 5.51. The Hall–Kier alpha value is -2.19. The highest BCUT2D eigenvalue weighted by Crippen LogP contribution is 2.15. The fourth-order valence-corrected chi connectivity index (χ4v) is 2.17.